The Morgan fingerprint density at radius 2 is 1.46 bits per heavy atom. The Morgan fingerprint density at radius 1 is 0.854 bits per heavy atom. The van der Waals surface area contributed by atoms with Gasteiger partial charge < -0.3 is 9.47 Å². The Bertz CT molecular complexity index is 1140. The van der Waals surface area contributed by atoms with Gasteiger partial charge >= 0.3 is 11.9 Å². The molecule has 0 aromatic heterocycles. The van der Waals surface area contributed by atoms with Crippen molar-refractivity contribution in [2.45, 2.75) is 106 Å². The van der Waals surface area contributed by atoms with Crippen LogP contribution in [0.2, 0.25) is 0 Å². The maximum absolute atomic E-state index is 13.1. The zero-order valence-corrected chi connectivity index (χ0v) is 26.3. The van der Waals surface area contributed by atoms with E-state index in [1.54, 1.807) is 6.92 Å². The predicted molar refractivity (Wildman–Crippen MR) is 167 cm³/mol. The van der Waals surface area contributed by atoms with E-state index in [0.717, 1.165) is 29.6 Å². The minimum absolute atomic E-state index is 0.0271. The molecule has 1 atom stereocenters. The average molecular weight is 563 g/mol. The van der Waals surface area contributed by atoms with Crippen LogP contribution in [0.1, 0.15) is 99.8 Å². The largest absolute Gasteiger partial charge is 0.465 e. The second-order valence-electron chi connectivity index (χ2n) is 12.3. The van der Waals surface area contributed by atoms with E-state index in [-0.39, 0.29) is 30.0 Å². The number of ketones is 1. The van der Waals surface area contributed by atoms with Crippen LogP contribution in [0.4, 0.5) is 0 Å². The Hall–Kier alpha value is -3.21. The summed E-state index contributed by atoms with van der Waals surface area (Å²) in [6, 6.07) is 0. The number of Topliss-reactive ketones (excluding diaryl/α,β-unsaturated/α-hetero) is 1. The Balaban J connectivity index is 1.92. The van der Waals surface area contributed by atoms with Crippen molar-refractivity contribution in [3.63, 3.8) is 0 Å². The topological polar surface area (TPSA) is 69.7 Å². The maximum Gasteiger partial charge on any atom is 0.307 e. The minimum Gasteiger partial charge on any atom is -0.465 e. The van der Waals surface area contributed by atoms with Crippen LogP contribution in [0.5, 0.6) is 0 Å². The first-order valence-electron chi connectivity index (χ1n) is 15.0. The summed E-state index contributed by atoms with van der Waals surface area (Å²) < 4.78 is 10.9. The van der Waals surface area contributed by atoms with Crippen LogP contribution in [-0.2, 0) is 23.9 Å². The fraction of sp³-hybridized carbons (Fsp3) is 0.528. The molecule has 0 aromatic carbocycles. The zero-order valence-electron chi connectivity index (χ0n) is 26.3. The zero-order chi connectivity index (χ0) is 30.4. The number of hydrogen-bond acceptors (Lipinski definition) is 5. The molecule has 1 fully saturated rings. The first-order valence-corrected chi connectivity index (χ1v) is 15.0. The summed E-state index contributed by atoms with van der Waals surface area (Å²) in [6.45, 7) is 14.6. The molecule has 5 heteroatoms. The number of carbonyl (C=O) groups excluding carboxylic acids is 3. The van der Waals surface area contributed by atoms with Gasteiger partial charge in [0.1, 0.15) is 0 Å². The van der Waals surface area contributed by atoms with Crippen molar-refractivity contribution in [1.29, 1.82) is 0 Å². The highest BCUT2D eigenvalue weighted by Crippen LogP contribution is 2.41. The molecule has 2 aliphatic rings. The van der Waals surface area contributed by atoms with E-state index in [9.17, 15) is 14.4 Å². The average Bonchev–Trinajstić information content (AvgIpc) is 2.91. The molecule has 2 rings (SSSR count). The summed E-state index contributed by atoms with van der Waals surface area (Å²) >= 11 is 0. The first-order chi connectivity index (χ1) is 19.4. The molecule has 1 unspecified atom stereocenters. The van der Waals surface area contributed by atoms with E-state index in [4.69, 9.17) is 9.47 Å². The van der Waals surface area contributed by atoms with Crippen molar-refractivity contribution in [2.24, 2.45) is 11.3 Å². The fourth-order valence-corrected chi connectivity index (χ4v) is 5.19. The summed E-state index contributed by atoms with van der Waals surface area (Å²) in [6.07, 6.45) is 23.6. The lowest BCUT2D eigenvalue weighted by molar-refractivity contribution is -0.158. The highest BCUT2D eigenvalue weighted by atomic mass is 16.5. The lowest BCUT2D eigenvalue weighted by Gasteiger charge is -2.36. The van der Waals surface area contributed by atoms with Crippen molar-refractivity contribution in [2.75, 3.05) is 6.61 Å². The normalized spacial score (nSPS) is 20.8. The summed E-state index contributed by atoms with van der Waals surface area (Å²) in [5, 5.41) is 0. The molecule has 0 spiro atoms. The standard InChI is InChI=1S/C36H50O5/c1-26(2)14-11-12-15-27(3)16-13-17-28(4)20-21-31-29(5)35(39)32(24-36(31,6)7)41-34(38)23-22-33(37)40-25-30-18-9-8-10-19-30/h11-17,20-21,30,32H,8-10,18-19,22-25H2,1-7H3/b12-11+,16-13+,21-20+,27-15+,28-17+. The van der Waals surface area contributed by atoms with E-state index in [2.05, 4.69) is 52.8 Å². The lowest BCUT2D eigenvalue weighted by atomic mass is 9.71. The van der Waals surface area contributed by atoms with E-state index in [1.165, 1.54) is 24.8 Å². The Kier molecular flexibility index (Phi) is 14.0. The monoisotopic (exact) mass is 562 g/mol. The minimum atomic E-state index is -0.840. The molecule has 0 amide bonds. The third kappa shape index (κ3) is 12.5. The van der Waals surface area contributed by atoms with Gasteiger partial charge in [0.25, 0.3) is 0 Å². The molecule has 5 nitrogen and oxygen atoms in total. The molecule has 0 aromatic rings. The highest BCUT2D eigenvalue weighted by molar-refractivity contribution is 6.01. The molecule has 0 aliphatic heterocycles. The number of esters is 2. The van der Waals surface area contributed by atoms with Gasteiger partial charge in [-0.05, 0) is 69.9 Å². The summed E-state index contributed by atoms with van der Waals surface area (Å²) in [7, 11) is 0. The molecule has 0 N–H and O–H groups in total. The smallest absolute Gasteiger partial charge is 0.307 e. The van der Waals surface area contributed by atoms with Crippen LogP contribution in [-0.4, -0.2) is 30.4 Å². The SMILES string of the molecule is CC(C)=C/C=C/C=C(C)/C=C/C=C(C)/C=C/C1=C(C)C(=O)C(OC(=O)CCC(=O)OCC2CCCCC2)CC1(C)C. The number of hydrogen-bond donors (Lipinski definition) is 0. The summed E-state index contributed by atoms with van der Waals surface area (Å²) in [4.78, 5) is 37.7. The first kappa shape index (κ1) is 34.0. The molecule has 0 saturated heterocycles. The quantitative estimate of drug-likeness (QED) is 0.176. The summed E-state index contributed by atoms with van der Waals surface area (Å²) in [5.41, 5.74) is 4.65. The van der Waals surface area contributed by atoms with E-state index >= 15 is 0 Å². The van der Waals surface area contributed by atoms with Gasteiger partial charge in [0.2, 0.25) is 0 Å². The lowest BCUT2D eigenvalue weighted by Crippen LogP contribution is -2.39. The van der Waals surface area contributed by atoms with Gasteiger partial charge in [-0.1, -0.05) is 105 Å². The molecular formula is C36H50O5. The van der Waals surface area contributed by atoms with Crippen LogP contribution in [0.15, 0.2) is 82.5 Å². The van der Waals surface area contributed by atoms with Crippen molar-refractivity contribution >= 4 is 17.7 Å². The van der Waals surface area contributed by atoms with Crippen molar-refractivity contribution in [3.8, 4) is 0 Å². The van der Waals surface area contributed by atoms with Crippen molar-refractivity contribution < 1.29 is 23.9 Å². The van der Waals surface area contributed by atoms with Gasteiger partial charge in [-0.15, -0.1) is 0 Å². The molecule has 0 bridgehead atoms. The highest BCUT2D eigenvalue weighted by Gasteiger charge is 2.39. The number of allylic oxidation sites excluding steroid dienone is 13. The Labute approximate surface area is 247 Å². The fourth-order valence-electron chi connectivity index (χ4n) is 5.19. The van der Waals surface area contributed by atoms with E-state index in [1.807, 2.05) is 43.4 Å². The predicted octanol–water partition coefficient (Wildman–Crippen LogP) is 8.64. The van der Waals surface area contributed by atoms with Crippen LogP contribution in [0, 0.1) is 11.3 Å². The van der Waals surface area contributed by atoms with Crippen LogP contribution in [0.3, 0.4) is 0 Å². The van der Waals surface area contributed by atoms with Crippen LogP contribution in [0.25, 0.3) is 0 Å². The third-order valence-corrected chi connectivity index (χ3v) is 7.63. The third-order valence-electron chi connectivity index (χ3n) is 7.63. The van der Waals surface area contributed by atoms with Crippen LogP contribution >= 0.6 is 0 Å². The molecule has 0 heterocycles. The number of ether oxygens (including phenoxy) is 2. The van der Waals surface area contributed by atoms with Crippen molar-refractivity contribution in [3.05, 3.63) is 82.5 Å². The molecule has 0 radical (unpaired) electrons. The molecular weight excluding hydrogens is 512 g/mol. The van der Waals surface area contributed by atoms with E-state index in [0.29, 0.717) is 24.5 Å². The summed E-state index contributed by atoms with van der Waals surface area (Å²) in [5.74, 6) is -0.669. The molecule has 1 saturated carbocycles. The molecule has 224 valence electrons. The molecule has 2 aliphatic carbocycles. The van der Waals surface area contributed by atoms with E-state index < -0.39 is 12.1 Å². The second-order valence-corrected chi connectivity index (χ2v) is 12.3. The van der Waals surface area contributed by atoms with Gasteiger partial charge in [-0.25, -0.2) is 0 Å². The maximum atomic E-state index is 13.1. The second kappa shape index (κ2) is 16.9. The van der Waals surface area contributed by atoms with Gasteiger partial charge in [0, 0.05) is 6.42 Å². The molecule has 41 heavy (non-hydrogen) atoms. The van der Waals surface area contributed by atoms with Gasteiger partial charge in [0.05, 0.1) is 19.4 Å². The van der Waals surface area contributed by atoms with Crippen molar-refractivity contribution in [1.82, 2.24) is 0 Å². The number of rotatable bonds is 12. The van der Waals surface area contributed by atoms with Gasteiger partial charge in [-0.2, -0.15) is 0 Å². The van der Waals surface area contributed by atoms with Gasteiger partial charge in [-0.3, -0.25) is 14.4 Å². The van der Waals surface area contributed by atoms with Crippen LogP contribution < -0.4 is 0 Å². The Morgan fingerprint density at radius 3 is 2.15 bits per heavy atom. The van der Waals surface area contributed by atoms with Gasteiger partial charge in [0.15, 0.2) is 11.9 Å². The number of carbonyl (C=O) groups is 3.